The summed E-state index contributed by atoms with van der Waals surface area (Å²) in [6, 6.07) is 10.3. The summed E-state index contributed by atoms with van der Waals surface area (Å²) in [6.07, 6.45) is 33.8. The Morgan fingerprint density at radius 2 is 0.958 bits per heavy atom. The molecule has 0 radical (unpaired) electrons. The van der Waals surface area contributed by atoms with Crippen molar-refractivity contribution in [3.63, 3.8) is 0 Å². The fraction of sp³-hybridized carbons (Fsp3) is 0.733. The molecule has 0 saturated carbocycles. The van der Waals surface area contributed by atoms with E-state index in [1.54, 1.807) is 30.6 Å². The van der Waals surface area contributed by atoms with Crippen LogP contribution in [0.3, 0.4) is 0 Å². The number of hydrogen-bond donors (Lipinski definition) is 0. The Hall–Kier alpha value is -0.900. The Kier molecular flexibility index (Phi) is 21.7. The highest BCUT2D eigenvalue weighted by Gasteiger charge is 2.22. The lowest BCUT2D eigenvalue weighted by Gasteiger charge is -2.15. The average molecular weight is 711 g/mol. The topological polar surface area (TPSA) is 0 Å². The van der Waals surface area contributed by atoms with Gasteiger partial charge in [-0.25, -0.2) is 0 Å². The van der Waals surface area contributed by atoms with Gasteiger partial charge in [0.15, 0.2) is 0 Å². The Balaban J connectivity index is 1.88. The molecule has 0 aliphatic carbocycles. The minimum absolute atomic E-state index is 0.697. The van der Waals surface area contributed by atoms with Gasteiger partial charge in [0.25, 0.3) is 0 Å². The third-order valence-electron chi connectivity index (χ3n) is 10.7. The zero-order valence-corrected chi connectivity index (χ0v) is 34.8. The van der Waals surface area contributed by atoms with E-state index in [9.17, 15) is 0 Å². The molecular formula is C45H74S3. The predicted molar refractivity (Wildman–Crippen MR) is 224 cm³/mol. The third kappa shape index (κ3) is 14.0. The molecule has 0 N–H and O–H groups in total. The van der Waals surface area contributed by atoms with Gasteiger partial charge >= 0.3 is 0 Å². The Morgan fingerprint density at radius 3 is 1.56 bits per heavy atom. The Bertz CT molecular complexity index is 1210. The Labute approximate surface area is 311 Å². The lowest BCUT2D eigenvalue weighted by atomic mass is 9.90. The molecule has 0 saturated heterocycles. The zero-order valence-electron chi connectivity index (χ0n) is 32.4. The van der Waals surface area contributed by atoms with Crippen molar-refractivity contribution in [1.82, 2.24) is 0 Å². The van der Waals surface area contributed by atoms with E-state index in [0.717, 1.165) is 5.92 Å². The highest BCUT2D eigenvalue weighted by molar-refractivity contribution is 7.26. The van der Waals surface area contributed by atoms with Gasteiger partial charge in [-0.2, -0.15) is 0 Å². The van der Waals surface area contributed by atoms with Crippen LogP contribution in [0.15, 0.2) is 24.3 Å². The molecule has 0 aliphatic heterocycles. The number of unbranched alkanes of at least 4 members (excludes halogenated alkanes) is 15. The molecular weight excluding hydrogens is 637 g/mol. The molecule has 3 aromatic heterocycles. The van der Waals surface area contributed by atoms with E-state index in [1.807, 2.05) is 0 Å². The first-order valence-electron chi connectivity index (χ1n) is 21.0. The first-order valence-corrected chi connectivity index (χ1v) is 23.4. The fourth-order valence-corrected chi connectivity index (χ4v) is 11.5. The monoisotopic (exact) mass is 710 g/mol. The highest BCUT2D eigenvalue weighted by Crippen LogP contribution is 2.48. The van der Waals surface area contributed by atoms with Crippen molar-refractivity contribution in [2.45, 2.75) is 214 Å². The van der Waals surface area contributed by atoms with E-state index >= 15 is 0 Å². The van der Waals surface area contributed by atoms with E-state index in [4.69, 9.17) is 0 Å². The van der Waals surface area contributed by atoms with Gasteiger partial charge in [0.05, 0.1) is 0 Å². The summed E-state index contributed by atoms with van der Waals surface area (Å²) in [7, 11) is 0. The number of hydrogen-bond acceptors (Lipinski definition) is 3. The van der Waals surface area contributed by atoms with Crippen molar-refractivity contribution in [1.29, 1.82) is 0 Å². The molecule has 0 bridgehead atoms. The molecule has 0 fully saturated rings. The van der Waals surface area contributed by atoms with Crippen LogP contribution in [0.4, 0.5) is 0 Å². The first-order chi connectivity index (χ1) is 23.6. The SMILES string of the molecule is CCCCCCCCc1cc(C(CC)CCCCCCC)sc1-c1ccc(-c2sc(CCCCC)cc2C(CC)CCCCCCC)s1. The maximum atomic E-state index is 2.67. The third-order valence-corrected chi connectivity index (χ3v) is 14.7. The van der Waals surface area contributed by atoms with Crippen LogP contribution in [0.1, 0.15) is 222 Å². The maximum absolute atomic E-state index is 2.67. The summed E-state index contributed by atoms with van der Waals surface area (Å²) in [6.45, 7) is 14.2. The summed E-state index contributed by atoms with van der Waals surface area (Å²) in [5.41, 5.74) is 3.32. The quantitative estimate of drug-likeness (QED) is 0.0629. The summed E-state index contributed by atoms with van der Waals surface area (Å²) in [4.78, 5) is 9.55. The summed E-state index contributed by atoms with van der Waals surface area (Å²) >= 11 is 6.39. The molecule has 3 aromatic rings. The molecule has 2 atom stereocenters. The lowest BCUT2D eigenvalue weighted by Crippen LogP contribution is -1.97. The van der Waals surface area contributed by atoms with Crippen molar-refractivity contribution in [3.05, 3.63) is 45.1 Å². The van der Waals surface area contributed by atoms with Crippen molar-refractivity contribution in [2.75, 3.05) is 0 Å². The molecule has 0 aliphatic rings. The average Bonchev–Trinajstić information content (AvgIpc) is 3.85. The number of thiophene rings is 3. The largest absolute Gasteiger partial charge is 0.139 e. The zero-order chi connectivity index (χ0) is 34.4. The molecule has 0 amide bonds. The van der Waals surface area contributed by atoms with Crippen molar-refractivity contribution in [2.24, 2.45) is 0 Å². The summed E-state index contributed by atoms with van der Waals surface area (Å²) in [5, 5.41) is 0. The van der Waals surface area contributed by atoms with Crippen LogP contribution >= 0.6 is 34.0 Å². The summed E-state index contributed by atoms with van der Waals surface area (Å²) in [5.74, 6) is 1.42. The van der Waals surface area contributed by atoms with Crippen molar-refractivity contribution < 1.29 is 0 Å². The molecule has 3 heterocycles. The number of rotatable bonds is 29. The van der Waals surface area contributed by atoms with E-state index < -0.39 is 0 Å². The second-order valence-electron chi connectivity index (χ2n) is 14.8. The van der Waals surface area contributed by atoms with Crippen LogP contribution < -0.4 is 0 Å². The van der Waals surface area contributed by atoms with Crippen LogP contribution in [0, 0.1) is 0 Å². The van der Waals surface area contributed by atoms with Crippen molar-refractivity contribution >= 4 is 34.0 Å². The van der Waals surface area contributed by atoms with Crippen LogP contribution in [-0.2, 0) is 12.8 Å². The van der Waals surface area contributed by atoms with Gasteiger partial charge in [-0.1, -0.05) is 151 Å². The van der Waals surface area contributed by atoms with Gasteiger partial charge in [0.2, 0.25) is 0 Å². The van der Waals surface area contributed by atoms with Gasteiger partial charge in [-0.15, -0.1) is 34.0 Å². The second kappa shape index (κ2) is 25.1. The van der Waals surface area contributed by atoms with Gasteiger partial charge in [0, 0.05) is 29.3 Å². The molecule has 0 spiro atoms. The highest BCUT2D eigenvalue weighted by atomic mass is 32.1. The fourth-order valence-electron chi connectivity index (χ4n) is 7.47. The predicted octanol–water partition coefficient (Wildman–Crippen LogP) is 17.5. The van der Waals surface area contributed by atoms with Crippen LogP contribution in [-0.4, -0.2) is 0 Å². The molecule has 2 unspecified atom stereocenters. The van der Waals surface area contributed by atoms with Crippen LogP contribution in [0.25, 0.3) is 19.5 Å². The van der Waals surface area contributed by atoms with E-state index in [0.29, 0.717) is 5.92 Å². The second-order valence-corrected chi connectivity index (χ2v) is 18.1. The molecule has 3 rings (SSSR count). The Morgan fingerprint density at radius 1 is 0.458 bits per heavy atom. The molecule has 48 heavy (non-hydrogen) atoms. The van der Waals surface area contributed by atoms with Gasteiger partial charge in [0.1, 0.15) is 0 Å². The van der Waals surface area contributed by atoms with E-state index in [-0.39, 0.29) is 0 Å². The van der Waals surface area contributed by atoms with Gasteiger partial charge in [-0.05, 0) is 98.6 Å². The molecule has 272 valence electrons. The maximum Gasteiger partial charge on any atom is 0.0480 e. The minimum Gasteiger partial charge on any atom is -0.139 e. The standard InChI is InChI=1S/C45H74S3/c1-7-13-17-20-23-27-30-38-34-43(37(12-6)29-26-22-19-15-9-3)48-44(38)41-32-33-42(47-41)45-40(35-39(46-45)31-24-16-10-4)36(11-5)28-25-21-18-14-8-2/h32-37H,7-31H2,1-6H3. The normalized spacial score (nSPS) is 13.0. The first kappa shape index (κ1) is 41.5. The molecule has 3 heteroatoms. The van der Waals surface area contributed by atoms with Gasteiger partial charge in [-0.3, -0.25) is 0 Å². The lowest BCUT2D eigenvalue weighted by molar-refractivity contribution is 0.536. The van der Waals surface area contributed by atoms with E-state index in [1.165, 1.54) is 170 Å². The van der Waals surface area contributed by atoms with Crippen LogP contribution in [0.5, 0.6) is 0 Å². The van der Waals surface area contributed by atoms with E-state index in [2.05, 4.69) is 99.8 Å². The smallest absolute Gasteiger partial charge is 0.0480 e. The van der Waals surface area contributed by atoms with Gasteiger partial charge < -0.3 is 0 Å². The minimum atomic E-state index is 0.697. The molecule has 0 aromatic carbocycles. The van der Waals surface area contributed by atoms with Crippen LogP contribution in [0.2, 0.25) is 0 Å². The number of aryl methyl sites for hydroxylation is 2. The summed E-state index contributed by atoms with van der Waals surface area (Å²) < 4.78 is 0. The molecule has 0 nitrogen and oxygen atoms in total. The van der Waals surface area contributed by atoms with Crippen molar-refractivity contribution in [3.8, 4) is 19.5 Å².